The number of ketones is 1. The number of hydrogen-bond donors (Lipinski definition) is 0. The lowest BCUT2D eigenvalue weighted by Crippen LogP contribution is -2.63. The molecule has 0 saturated carbocycles. The second-order valence-electron chi connectivity index (χ2n) is 5.97. The van der Waals surface area contributed by atoms with E-state index in [0.29, 0.717) is 0 Å². The Kier molecular flexibility index (Phi) is 3.56. The van der Waals surface area contributed by atoms with E-state index in [1.807, 2.05) is 45.0 Å². The fraction of sp³-hybridized carbons (Fsp3) is 0.467. The first kappa shape index (κ1) is 14.3. The summed E-state index contributed by atoms with van der Waals surface area (Å²) in [5, 5.41) is 0. The highest BCUT2D eigenvalue weighted by Crippen LogP contribution is 2.45. The van der Waals surface area contributed by atoms with Crippen LogP contribution in [0.1, 0.15) is 39.3 Å². The normalized spacial score (nSPS) is 23.2. The van der Waals surface area contributed by atoms with Gasteiger partial charge in [0.15, 0.2) is 0 Å². The zero-order valence-electron chi connectivity index (χ0n) is 11.6. The van der Waals surface area contributed by atoms with Gasteiger partial charge in [0.1, 0.15) is 11.7 Å². The molecule has 19 heavy (non-hydrogen) atoms. The van der Waals surface area contributed by atoms with Gasteiger partial charge in [-0.05, 0) is 45.4 Å². The number of amides is 1. The molecule has 1 fully saturated rings. The Balaban J connectivity index is 2.43. The summed E-state index contributed by atoms with van der Waals surface area (Å²) in [7, 11) is 0. The highest BCUT2D eigenvalue weighted by molar-refractivity contribution is 9.10. The summed E-state index contributed by atoms with van der Waals surface area (Å²) in [6.07, 6.45) is 0. The largest absolute Gasteiger partial charge is 0.329 e. The third-order valence-electron chi connectivity index (χ3n) is 3.45. The molecular formula is C15H18BrNO2. The Bertz CT molecular complexity index is 533. The van der Waals surface area contributed by atoms with Crippen LogP contribution in [0.5, 0.6) is 0 Å². The number of carbonyl (C=O) groups is 2. The molecule has 3 nitrogen and oxygen atoms in total. The molecule has 1 aliphatic heterocycles. The van der Waals surface area contributed by atoms with E-state index in [1.54, 1.807) is 4.90 Å². The third-order valence-corrected chi connectivity index (χ3v) is 3.94. The minimum absolute atomic E-state index is 0.0597. The van der Waals surface area contributed by atoms with E-state index < -0.39 is 5.92 Å². The first-order valence-electron chi connectivity index (χ1n) is 6.32. The molecule has 0 bridgehead atoms. The quantitative estimate of drug-likeness (QED) is 0.618. The Hall–Kier alpha value is -1.16. The first-order chi connectivity index (χ1) is 8.73. The number of carbonyl (C=O) groups excluding carboxylic acids is 2. The Morgan fingerprint density at radius 1 is 1.32 bits per heavy atom. The van der Waals surface area contributed by atoms with Crippen LogP contribution in [0.15, 0.2) is 28.7 Å². The minimum Gasteiger partial charge on any atom is -0.329 e. The zero-order chi connectivity index (χ0) is 14.4. The summed E-state index contributed by atoms with van der Waals surface area (Å²) in [5.74, 6) is -0.658. The molecule has 2 rings (SSSR count). The molecule has 102 valence electrons. The molecular weight excluding hydrogens is 306 g/mol. The molecule has 1 amide bonds. The molecule has 0 spiro atoms. The number of halogens is 1. The number of rotatable bonds is 2. The van der Waals surface area contributed by atoms with Crippen LogP contribution in [-0.4, -0.2) is 22.1 Å². The Morgan fingerprint density at radius 2 is 1.95 bits per heavy atom. The van der Waals surface area contributed by atoms with Gasteiger partial charge in [-0.2, -0.15) is 0 Å². The molecule has 1 aromatic carbocycles. The molecule has 2 atom stereocenters. The van der Waals surface area contributed by atoms with Crippen LogP contribution >= 0.6 is 15.9 Å². The van der Waals surface area contributed by atoms with Gasteiger partial charge < -0.3 is 4.90 Å². The van der Waals surface area contributed by atoms with E-state index >= 15 is 0 Å². The topological polar surface area (TPSA) is 37.4 Å². The van der Waals surface area contributed by atoms with E-state index in [1.165, 1.54) is 6.92 Å². The molecule has 0 aliphatic carbocycles. The van der Waals surface area contributed by atoms with Crippen molar-refractivity contribution in [2.75, 3.05) is 0 Å². The smallest absolute Gasteiger partial charge is 0.236 e. The van der Waals surface area contributed by atoms with E-state index in [0.717, 1.165) is 10.0 Å². The summed E-state index contributed by atoms with van der Waals surface area (Å²) in [6.45, 7) is 7.47. The summed E-state index contributed by atoms with van der Waals surface area (Å²) in [5.41, 5.74) is 0.722. The Labute approximate surface area is 122 Å². The van der Waals surface area contributed by atoms with Crippen LogP contribution in [-0.2, 0) is 9.59 Å². The first-order valence-corrected chi connectivity index (χ1v) is 7.12. The lowest BCUT2D eigenvalue weighted by atomic mass is 9.76. The number of benzene rings is 1. The van der Waals surface area contributed by atoms with Crippen LogP contribution in [0, 0.1) is 5.92 Å². The van der Waals surface area contributed by atoms with Crippen molar-refractivity contribution < 1.29 is 9.59 Å². The molecule has 1 aromatic rings. The number of Topliss-reactive ketones (excluding diaryl/α,β-unsaturated/α-hetero) is 1. The van der Waals surface area contributed by atoms with Crippen molar-refractivity contribution >= 4 is 27.6 Å². The molecule has 1 heterocycles. The van der Waals surface area contributed by atoms with Crippen LogP contribution in [0.3, 0.4) is 0 Å². The van der Waals surface area contributed by atoms with Crippen molar-refractivity contribution in [1.82, 2.24) is 4.90 Å². The zero-order valence-corrected chi connectivity index (χ0v) is 13.2. The molecule has 1 saturated heterocycles. The average Bonchev–Trinajstić information content (AvgIpc) is 2.22. The second-order valence-corrected chi connectivity index (χ2v) is 6.88. The number of β-lactam (4-membered cyclic amide) rings is 1. The van der Waals surface area contributed by atoms with E-state index in [9.17, 15) is 9.59 Å². The third kappa shape index (κ3) is 2.46. The minimum atomic E-state index is -0.534. The van der Waals surface area contributed by atoms with Gasteiger partial charge in [-0.3, -0.25) is 9.59 Å². The molecule has 0 radical (unpaired) electrons. The maximum atomic E-state index is 12.2. The second kappa shape index (κ2) is 4.75. The maximum absolute atomic E-state index is 12.2. The van der Waals surface area contributed by atoms with Crippen LogP contribution in [0.4, 0.5) is 0 Å². The van der Waals surface area contributed by atoms with Gasteiger partial charge >= 0.3 is 0 Å². The van der Waals surface area contributed by atoms with Crippen LogP contribution < -0.4 is 0 Å². The van der Waals surface area contributed by atoms with Crippen molar-refractivity contribution in [2.45, 2.75) is 39.3 Å². The fourth-order valence-corrected chi connectivity index (χ4v) is 3.08. The Morgan fingerprint density at radius 3 is 2.42 bits per heavy atom. The van der Waals surface area contributed by atoms with Crippen molar-refractivity contribution in [3.05, 3.63) is 34.3 Å². The van der Waals surface area contributed by atoms with E-state index in [4.69, 9.17) is 0 Å². The van der Waals surface area contributed by atoms with Gasteiger partial charge in [0.2, 0.25) is 5.91 Å². The van der Waals surface area contributed by atoms with Gasteiger partial charge in [0, 0.05) is 10.0 Å². The monoisotopic (exact) mass is 323 g/mol. The van der Waals surface area contributed by atoms with E-state index in [-0.39, 0.29) is 23.3 Å². The summed E-state index contributed by atoms with van der Waals surface area (Å²) >= 11 is 3.44. The van der Waals surface area contributed by atoms with Crippen molar-refractivity contribution in [3.63, 3.8) is 0 Å². The van der Waals surface area contributed by atoms with E-state index in [2.05, 4.69) is 15.9 Å². The SMILES string of the molecule is CC(=O)[C@H]1C(=O)N(C(C)(C)C)[C@@H]1c1cccc(Br)c1. The predicted molar refractivity (Wildman–Crippen MR) is 77.7 cm³/mol. The molecule has 1 aliphatic rings. The summed E-state index contributed by atoms with van der Waals surface area (Å²) < 4.78 is 0.959. The van der Waals surface area contributed by atoms with Gasteiger partial charge in [0.25, 0.3) is 0 Å². The molecule has 0 N–H and O–H groups in total. The standard InChI is InChI=1S/C15H18BrNO2/c1-9(18)12-13(10-6-5-7-11(16)8-10)17(14(12)19)15(2,3)4/h5-8,12-13H,1-4H3/t12-,13-/m1/s1. The van der Waals surface area contributed by atoms with Crippen LogP contribution in [0.2, 0.25) is 0 Å². The van der Waals surface area contributed by atoms with Gasteiger partial charge in [-0.1, -0.05) is 28.1 Å². The highest BCUT2D eigenvalue weighted by Gasteiger charge is 2.54. The van der Waals surface area contributed by atoms with Gasteiger partial charge in [0.05, 0.1) is 6.04 Å². The highest BCUT2D eigenvalue weighted by atomic mass is 79.9. The molecule has 0 aromatic heterocycles. The number of likely N-dealkylation sites (tertiary alicyclic amines) is 1. The average molecular weight is 324 g/mol. The van der Waals surface area contributed by atoms with Crippen molar-refractivity contribution in [3.8, 4) is 0 Å². The summed E-state index contributed by atoms with van der Waals surface area (Å²) in [4.78, 5) is 25.7. The predicted octanol–water partition coefficient (Wildman–Crippen LogP) is 3.34. The number of nitrogens with zero attached hydrogens (tertiary/aromatic N) is 1. The fourth-order valence-electron chi connectivity index (χ4n) is 2.67. The summed E-state index contributed by atoms with van der Waals surface area (Å²) in [6, 6.07) is 7.67. The van der Waals surface area contributed by atoms with Crippen LogP contribution in [0.25, 0.3) is 0 Å². The lowest BCUT2D eigenvalue weighted by Gasteiger charge is -2.53. The lowest BCUT2D eigenvalue weighted by molar-refractivity contribution is -0.170. The van der Waals surface area contributed by atoms with Crippen molar-refractivity contribution in [2.24, 2.45) is 5.92 Å². The molecule has 0 unspecified atom stereocenters. The maximum Gasteiger partial charge on any atom is 0.236 e. The molecule has 4 heteroatoms. The van der Waals surface area contributed by atoms with Gasteiger partial charge in [-0.25, -0.2) is 0 Å². The number of hydrogen-bond acceptors (Lipinski definition) is 2. The van der Waals surface area contributed by atoms with Crippen molar-refractivity contribution in [1.29, 1.82) is 0 Å². The van der Waals surface area contributed by atoms with Gasteiger partial charge in [-0.15, -0.1) is 0 Å².